The molecule has 0 radical (unpaired) electrons. The Kier molecular flexibility index (Phi) is 8.22. The normalized spacial score (nSPS) is 12.3. The Bertz CT molecular complexity index is 945. The summed E-state index contributed by atoms with van der Waals surface area (Å²) in [5.41, 5.74) is 3.13. The molecule has 0 aliphatic carbocycles. The van der Waals surface area contributed by atoms with Gasteiger partial charge in [0.05, 0.1) is 6.29 Å². The largest absolute Gasteiger partial charge is 0.510 e. The van der Waals surface area contributed by atoms with Crippen LogP contribution in [0.15, 0.2) is 60.8 Å². The van der Waals surface area contributed by atoms with Gasteiger partial charge in [-0.15, -0.1) is 0 Å². The van der Waals surface area contributed by atoms with E-state index in [9.17, 15) is 9.69 Å². The second-order valence-electron chi connectivity index (χ2n) is 7.10. The maximum atomic E-state index is 11.7. The van der Waals surface area contributed by atoms with Gasteiger partial charge in [0, 0.05) is 23.6 Å². The van der Waals surface area contributed by atoms with E-state index >= 15 is 0 Å². The SMILES string of the molecule is CN(C)CCc1cn(CP(O)OCOC(=O)OCc2ccccc2)c2ccccc12. The first kappa shape index (κ1) is 22.2. The summed E-state index contributed by atoms with van der Waals surface area (Å²) in [5.74, 6) is 0. The summed E-state index contributed by atoms with van der Waals surface area (Å²) < 4.78 is 17.2. The number of benzene rings is 2. The molecule has 3 rings (SSSR count). The topological polar surface area (TPSA) is 73.2 Å². The molecule has 0 fully saturated rings. The molecule has 7 nitrogen and oxygen atoms in total. The summed E-state index contributed by atoms with van der Waals surface area (Å²) in [7, 11) is 2.29. The first-order chi connectivity index (χ1) is 14.5. The van der Waals surface area contributed by atoms with Crippen molar-refractivity contribution < 1.29 is 23.7 Å². The Balaban J connectivity index is 1.48. The molecule has 8 heteroatoms. The number of likely N-dealkylation sites (N-methyl/N-ethyl adjacent to an activating group) is 1. The molecule has 0 aliphatic heterocycles. The third kappa shape index (κ3) is 6.54. The third-order valence-corrected chi connectivity index (χ3v) is 5.50. The molecule has 2 aromatic carbocycles. The summed E-state index contributed by atoms with van der Waals surface area (Å²) in [5, 5.41) is 1.17. The quantitative estimate of drug-likeness (QED) is 0.293. The van der Waals surface area contributed by atoms with E-state index in [1.807, 2.05) is 67.2 Å². The van der Waals surface area contributed by atoms with E-state index in [-0.39, 0.29) is 13.4 Å². The minimum Gasteiger partial charge on any atom is -0.429 e. The lowest BCUT2D eigenvalue weighted by molar-refractivity contribution is 0.00158. The molecular formula is C22H27N2O5P. The molecule has 0 saturated carbocycles. The zero-order valence-corrected chi connectivity index (χ0v) is 18.1. The van der Waals surface area contributed by atoms with Crippen molar-refractivity contribution in [2.75, 3.05) is 27.4 Å². The average Bonchev–Trinajstić information content (AvgIpc) is 3.09. The predicted octanol–water partition coefficient (Wildman–Crippen LogP) is 4.33. The molecule has 1 N–H and O–H groups in total. The number of para-hydroxylation sites is 1. The Morgan fingerprint density at radius 2 is 1.80 bits per heavy atom. The van der Waals surface area contributed by atoms with E-state index in [4.69, 9.17) is 14.0 Å². The fourth-order valence-corrected chi connectivity index (χ4v) is 3.80. The van der Waals surface area contributed by atoms with E-state index in [2.05, 4.69) is 17.2 Å². The molecule has 1 unspecified atom stereocenters. The Morgan fingerprint density at radius 3 is 2.57 bits per heavy atom. The van der Waals surface area contributed by atoms with Crippen molar-refractivity contribution in [1.82, 2.24) is 9.47 Å². The van der Waals surface area contributed by atoms with Crippen LogP contribution in [-0.2, 0) is 33.3 Å². The van der Waals surface area contributed by atoms with Gasteiger partial charge in [0.2, 0.25) is 6.79 Å². The van der Waals surface area contributed by atoms with Crippen molar-refractivity contribution in [2.24, 2.45) is 0 Å². The number of hydrogen-bond acceptors (Lipinski definition) is 6. The zero-order valence-electron chi connectivity index (χ0n) is 17.2. The first-order valence-electron chi connectivity index (χ1n) is 9.67. The smallest absolute Gasteiger partial charge is 0.429 e. The second-order valence-corrected chi connectivity index (χ2v) is 8.35. The van der Waals surface area contributed by atoms with Gasteiger partial charge in [-0.2, -0.15) is 0 Å². The van der Waals surface area contributed by atoms with Gasteiger partial charge >= 0.3 is 6.16 Å². The third-order valence-electron chi connectivity index (χ3n) is 4.55. The molecule has 30 heavy (non-hydrogen) atoms. The van der Waals surface area contributed by atoms with Crippen LogP contribution in [0.5, 0.6) is 0 Å². The number of nitrogens with zero attached hydrogens (tertiary/aromatic N) is 2. The van der Waals surface area contributed by atoms with E-state index in [0.29, 0.717) is 6.29 Å². The van der Waals surface area contributed by atoms with Gasteiger partial charge in [-0.3, -0.25) is 4.52 Å². The maximum Gasteiger partial charge on any atom is 0.510 e. The van der Waals surface area contributed by atoms with Gasteiger partial charge in [-0.25, -0.2) is 4.79 Å². The van der Waals surface area contributed by atoms with Crippen LogP contribution >= 0.6 is 8.38 Å². The van der Waals surface area contributed by atoms with Crippen LogP contribution in [0.1, 0.15) is 11.1 Å². The van der Waals surface area contributed by atoms with Crippen LogP contribution < -0.4 is 0 Å². The number of ether oxygens (including phenoxy) is 2. The van der Waals surface area contributed by atoms with Crippen LogP contribution in [0.2, 0.25) is 0 Å². The van der Waals surface area contributed by atoms with Crippen LogP contribution in [0.4, 0.5) is 4.79 Å². The number of carbonyl (C=O) groups is 1. The molecule has 3 aromatic rings. The van der Waals surface area contributed by atoms with Crippen LogP contribution in [0, 0.1) is 0 Å². The molecule has 160 valence electrons. The van der Waals surface area contributed by atoms with Gasteiger partial charge in [0.15, 0.2) is 8.38 Å². The van der Waals surface area contributed by atoms with E-state index in [1.165, 1.54) is 10.9 Å². The molecule has 1 heterocycles. The number of aromatic nitrogens is 1. The second kappa shape index (κ2) is 11.1. The standard InChI is InChI=1S/C22H27N2O5P/c1-23(2)13-12-19-14-24(21-11-7-6-10-20(19)21)16-30(26)29-17-28-22(25)27-15-18-8-4-3-5-9-18/h3-11,14,26H,12-13,15-17H2,1-2H3. The molecule has 0 amide bonds. The molecular weight excluding hydrogens is 403 g/mol. The van der Waals surface area contributed by atoms with Gasteiger partial charge in [0.1, 0.15) is 6.61 Å². The van der Waals surface area contributed by atoms with Gasteiger partial charge < -0.3 is 23.8 Å². The number of carbonyl (C=O) groups excluding carboxylic acids is 1. The lowest BCUT2D eigenvalue weighted by Crippen LogP contribution is -2.14. The van der Waals surface area contributed by atoms with Crippen molar-refractivity contribution in [2.45, 2.75) is 19.3 Å². The monoisotopic (exact) mass is 430 g/mol. The van der Waals surface area contributed by atoms with Crippen molar-refractivity contribution in [3.63, 3.8) is 0 Å². The van der Waals surface area contributed by atoms with Crippen LogP contribution in [0.25, 0.3) is 10.9 Å². The Hall–Kier alpha value is -2.44. The highest BCUT2D eigenvalue weighted by Gasteiger charge is 2.14. The predicted molar refractivity (Wildman–Crippen MR) is 117 cm³/mol. The van der Waals surface area contributed by atoms with Crippen LogP contribution in [0.3, 0.4) is 0 Å². The van der Waals surface area contributed by atoms with Gasteiger partial charge in [0.25, 0.3) is 0 Å². The first-order valence-corrected chi connectivity index (χ1v) is 11.1. The van der Waals surface area contributed by atoms with Gasteiger partial charge in [-0.05, 0) is 37.7 Å². The minimum absolute atomic E-state index is 0.124. The number of rotatable bonds is 10. The summed E-state index contributed by atoms with van der Waals surface area (Å²) in [4.78, 5) is 24.1. The fourth-order valence-electron chi connectivity index (χ4n) is 3.05. The highest BCUT2D eigenvalue weighted by atomic mass is 31.2. The number of hydrogen-bond donors (Lipinski definition) is 1. The van der Waals surface area contributed by atoms with Crippen molar-refractivity contribution >= 4 is 25.4 Å². The molecule has 0 aliphatic rings. The summed E-state index contributed by atoms with van der Waals surface area (Å²) >= 11 is 0. The molecule has 1 atom stereocenters. The fraction of sp³-hybridized carbons (Fsp3) is 0.318. The van der Waals surface area contributed by atoms with E-state index in [0.717, 1.165) is 24.0 Å². The van der Waals surface area contributed by atoms with Crippen molar-refractivity contribution in [1.29, 1.82) is 0 Å². The highest BCUT2D eigenvalue weighted by molar-refractivity contribution is 7.45. The van der Waals surface area contributed by atoms with E-state index < -0.39 is 14.5 Å². The summed E-state index contributed by atoms with van der Waals surface area (Å²) in [6.07, 6.45) is 2.43. The Labute approximate surface area is 177 Å². The van der Waals surface area contributed by atoms with E-state index in [1.54, 1.807) is 0 Å². The maximum absolute atomic E-state index is 11.7. The average molecular weight is 430 g/mol. The minimum atomic E-state index is -1.80. The lowest BCUT2D eigenvalue weighted by Gasteiger charge is -2.13. The van der Waals surface area contributed by atoms with Gasteiger partial charge in [-0.1, -0.05) is 48.5 Å². The zero-order chi connectivity index (χ0) is 21.3. The molecule has 0 saturated heterocycles. The highest BCUT2D eigenvalue weighted by Crippen LogP contribution is 2.36. The number of fused-ring (bicyclic) bond motifs is 1. The van der Waals surface area contributed by atoms with Crippen LogP contribution in [-0.4, -0.2) is 47.9 Å². The Morgan fingerprint density at radius 1 is 1.07 bits per heavy atom. The van der Waals surface area contributed by atoms with Crippen molar-refractivity contribution in [3.8, 4) is 0 Å². The molecule has 0 bridgehead atoms. The molecule has 0 spiro atoms. The lowest BCUT2D eigenvalue weighted by atomic mass is 10.1. The summed E-state index contributed by atoms with van der Waals surface area (Å²) in [6, 6.07) is 17.4. The molecule has 1 aromatic heterocycles. The van der Waals surface area contributed by atoms with Crippen molar-refractivity contribution in [3.05, 3.63) is 71.9 Å². The summed E-state index contributed by atoms with van der Waals surface area (Å²) in [6.45, 7) is 0.707.